The highest BCUT2D eigenvalue weighted by molar-refractivity contribution is 6.30. The van der Waals surface area contributed by atoms with Gasteiger partial charge in [0, 0.05) is 140 Å². The van der Waals surface area contributed by atoms with Crippen molar-refractivity contribution in [3.05, 3.63) is 278 Å². The summed E-state index contributed by atoms with van der Waals surface area (Å²) >= 11 is 5.98. The minimum atomic E-state index is 0.101. The zero-order valence-corrected chi connectivity index (χ0v) is 73.6. The second-order valence-corrected chi connectivity index (χ2v) is 37.2. The number of rotatable bonds is 24. The van der Waals surface area contributed by atoms with E-state index in [-0.39, 0.29) is 18.6 Å². The van der Waals surface area contributed by atoms with Crippen LogP contribution in [0.1, 0.15) is 119 Å². The molecule has 4 N–H and O–H groups in total. The molecule has 27 heteroatoms. The quantitative estimate of drug-likeness (QED) is 0.0438. The van der Waals surface area contributed by atoms with Crippen molar-refractivity contribution in [2.45, 2.75) is 197 Å². The minimum Gasteiger partial charge on any atom is -0.484 e. The fourth-order valence-corrected chi connectivity index (χ4v) is 23.1. The SMILES string of the molecule is Cc1ccccc1CCC(=O)N1C2CCC1C(Cn1cnc3cc(-c4cn[nH]c4)ccc31)C2.O=C(CCc1ccc(Cl)cc1)N1C2CCC1C(Cn1cnc3cc(-c4cn[nH]c4)ccc31)C2.O=C(CCc1ccccc1)N1C2CCC1C(Cn1cnc3cc(-c4cn[nH]n4)ccc31)C2.O=C(COc1ccccc1)N1C2CCC1C(Cn1cnc3cc(-c4cn[nH]c4)ccc31)C2. The molecule has 12 unspecified atom stereocenters. The fourth-order valence-electron chi connectivity index (χ4n) is 23.0. The first kappa shape index (κ1) is 83.3. The lowest BCUT2D eigenvalue weighted by Gasteiger charge is -2.25. The fraction of sp³-hybridized carbons (Fsp3) is 0.350. The number of carbonyl (C=O) groups excluding carboxylic acids is 4. The number of nitrogens with one attached hydrogen (secondary N) is 4. The molecule has 8 bridgehead atoms. The number of amides is 4. The molecule has 0 radical (unpaired) electrons. The number of H-pyrrole nitrogens is 4. The second kappa shape index (κ2) is 36.9. The molecule has 8 saturated heterocycles. The van der Waals surface area contributed by atoms with Gasteiger partial charge in [-0.15, -0.1) is 0 Å². The molecular weight excluding hydrogens is 1650 g/mol. The number of ether oxygens (including phenoxy) is 1. The number of fused-ring (bicyclic) bond motifs is 12. The van der Waals surface area contributed by atoms with Crippen LogP contribution in [0.25, 0.3) is 88.8 Å². The number of halogens is 1. The summed E-state index contributed by atoms with van der Waals surface area (Å²) in [5.41, 5.74) is 21.8. The van der Waals surface area contributed by atoms with E-state index >= 15 is 0 Å². The maximum atomic E-state index is 13.2. The van der Waals surface area contributed by atoms with Crippen LogP contribution in [0.15, 0.2) is 251 Å². The molecule has 26 nitrogen and oxygen atoms in total. The monoisotopic (exact) mass is 1750 g/mol. The number of para-hydroxylation sites is 1. The third-order valence-electron chi connectivity index (χ3n) is 29.2. The van der Waals surface area contributed by atoms with Gasteiger partial charge in [0.15, 0.2) is 6.61 Å². The Hall–Kier alpha value is -13.6. The Kier molecular flexibility index (Phi) is 23.6. The number of aromatic nitrogens is 17. The lowest BCUT2D eigenvalue weighted by molar-refractivity contribution is -0.135. The Labute approximate surface area is 758 Å². The number of imidazole rings is 4. The number of nitrogens with zero attached hydrogens (tertiary/aromatic N) is 17. The highest BCUT2D eigenvalue weighted by Crippen LogP contribution is 2.48. The van der Waals surface area contributed by atoms with Gasteiger partial charge in [0.1, 0.15) is 11.4 Å². The molecule has 8 aromatic carbocycles. The molecule has 0 aliphatic carbocycles. The summed E-state index contributed by atoms with van der Waals surface area (Å²) in [6.45, 7) is 5.85. The molecule has 8 fully saturated rings. The van der Waals surface area contributed by atoms with Crippen LogP contribution in [-0.2, 0) is 64.6 Å². The molecule has 8 aliphatic heterocycles. The Bertz CT molecular complexity index is 6430. The van der Waals surface area contributed by atoms with Crippen molar-refractivity contribution in [2.75, 3.05) is 6.61 Å². The summed E-state index contributed by atoms with van der Waals surface area (Å²) in [5, 5.41) is 32.2. The topological polar surface area (TPSA) is 289 Å². The Morgan fingerprint density at radius 1 is 0.377 bits per heavy atom. The molecule has 660 valence electrons. The molecule has 0 saturated carbocycles. The summed E-state index contributed by atoms with van der Waals surface area (Å²) in [4.78, 5) is 79.7. The zero-order chi connectivity index (χ0) is 87.7. The largest absolute Gasteiger partial charge is 0.484 e. The van der Waals surface area contributed by atoms with Gasteiger partial charge in [0.2, 0.25) is 17.7 Å². The van der Waals surface area contributed by atoms with Gasteiger partial charge < -0.3 is 42.6 Å². The molecule has 8 aromatic heterocycles. The normalized spacial score (nSPS) is 22.0. The molecular formula is C103H106ClN21O5. The maximum Gasteiger partial charge on any atom is 0.261 e. The van der Waals surface area contributed by atoms with Gasteiger partial charge >= 0.3 is 0 Å². The average molecular weight is 1750 g/mol. The Balaban J connectivity index is 0.000000105. The van der Waals surface area contributed by atoms with Gasteiger partial charge in [-0.2, -0.15) is 30.7 Å². The molecule has 8 aliphatic rings. The molecule has 130 heavy (non-hydrogen) atoms. The first-order chi connectivity index (χ1) is 63.8. The molecule has 16 heterocycles. The van der Waals surface area contributed by atoms with E-state index in [1.165, 1.54) is 16.7 Å². The molecule has 0 spiro atoms. The van der Waals surface area contributed by atoms with Crippen molar-refractivity contribution >= 4 is 79.4 Å². The van der Waals surface area contributed by atoms with Crippen molar-refractivity contribution in [3.63, 3.8) is 0 Å². The summed E-state index contributed by atoms with van der Waals surface area (Å²) in [5.74, 6) is 3.69. The van der Waals surface area contributed by atoms with Gasteiger partial charge in [-0.25, -0.2) is 19.9 Å². The van der Waals surface area contributed by atoms with Gasteiger partial charge in [0.25, 0.3) is 5.91 Å². The lowest BCUT2D eigenvalue weighted by atomic mass is 9.89. The van der Waals surface area contributed by atoms with Crippen molar-refractivity contribution in [1.82, 2.24) is 104 Å². The van der Waals surface area contributed by atoms with Crippen molar-refractivity contribution < 1.29 is 23.9 Å². The van der Waals surface area contributed by atoms with Crippen LogP contribution < -0.4 is 4.74 Å². The number of benzene rings is 8. The van der Waals surface area contributed by atoms with E-state index in [1.54, 1.807) is 6.20 Å². The Morgan fingerprint density at radius 3 is 1.14 bits per heavy atom. The van der Waals surface area contributed by atoms with Crippen LogP contribution in [0.4, 0.5) is 0 Å². The molecule has 24 rings (SSSR count). The highest BCUT2D eigenvalue weighted by Gasteiger charge is 2.52. The number of hydrogen-bond donors (Lipinski definition) is 4. The summed E-state index contributed by atoms with van der Waals surface area (Å²) < 4.78 is 14.8. The van der Waals surface area contributed by atoms with Crippen molar-refractivity contribution in [1.29, 1.82) is 0 Å². The average Bonchev–Trinajstić information content (AvgIpc) is 1.62. The predicted molar refractivity (Wildman–Crippen MR) is 500 cm³/mol. The minimum absolute atomic E-state index is 0.101. The lowest BCUT2D eigenvalue weighted by Crippen LogP contribution is -2.40. The van der Waals surface area contributed by atoms with Crippen LogP contribution in [0.3, 0.4) is 0 Å². The van der Waals surface area contributed by atoms with Crippen LogP contribution in [0.5, 0.6) is 5.75 Å². The smallest absolute Gasteiger partial charge is 0.261 e. The summed E-state index contributed by atoms with van der Waals surface area (Å²) in [7, 11) is 0. The van der Waals surface area contributed by atoms with Crippen molar-refractivity contribution in [3.8, 4) is 50.4 Å². The van der Waals surface area contributed by atoms with E-state index in [4.69, 9.17) is 16.3 Å². The standard InChI is InChI=1S/C27H29N5O.C26H26ClN5O.C25H26N6O.C25H25N5O2/c1-18-4-2-3-5-19(18)7-11-27(33)32-23-8-10-25(32)21(12-23)16-31-17-28-24-13-20(6-9-26(24)31)22-14-29-30-15-22;27-21-5-1-17(2-6-21)3-10-26(33)32-22-7-9-24(32)19(11-22)15-31-16-28-23-12-18(4-8-25(23)31)20-13-29-30-14-20;32-25(11-6-17-4-2-1-3-5-17)31-20-8-10-23(31)19(12-20)15-30-16-26-21-13-18(7-9-24(21)30)22-14-27-29-28-22;31-25(15-32-21-4-2-1-3-5-21)30-20-7-9-23(30)18(10-20)14-29-16-26-22-11-17(6-8-24(22)29)19-12-27-28-13-19/h2-6,9,13-15,17,21,23,25H,7-8,10-12,16H2,1H3,(H,29,30);1-2,4-6,8,12-14,16,19,22,24H,3,7,9-11,15H2,(H,29,30);1-5,7,9,13-14,16,19-20,23H,6,8,10-12,15H2,(H,27,28,29);1-6,8,11-13,16,18,20,23H,7,9-10,14-15H2,(H,27,28). The summed E-state index contributed by atoms with van der Waals surface area (Å²) in [6, 6.07) is 64.3. The van der Waals surface area contributed by atoms with Crippen LogP contribution in [0.2, 0.25) is 5.02 Å². The number of carbonyl (C=O) groups is 4. The molecule has 12 atom stereocenters. The molecule has 16 aromatic rings. The third-order valence-corrected chi connectivity index (χ3v) is 29.5. The van der Waals surface area contributed by atoms with E-state index in [9.17, 15) is 19.2 Å². The summed E-state index contributed by atoms with van der Waals surface area (Å²) in [6.07, 6.45) is 38.1. The first-order valence-electron chi connectivity index (χ1n) is 46.2. The van der Waals surface area contributed by atoms with E-state index in [2.05, 4.69) is 220 Å². The maximum absolute atomic E-state index is 13.2. The van der Waals surface area contributed by atoms with Crippen LogP contribution in [-0.4, -0.2) is 182 Å². The third kappa shape index (κ3) is 17.3. The van der Waals surface area contributed by atoms with E-state index in [0.29, 0.717) is 103 Å². The van der Waals surface area contributed by atoms with Gasteiger partial charge in [0.05, 0.1) is 94.2 Å². The van der Waals surface area contributed by atoms with Gasteiger partial charge in [-0.1, -0.05) is 121 Å². The van der Waals surface area contributed by atoms with Gasteiger partial charge in [-0.05, 0) is 239 Å². The van der Waals surface area contributed by atoms with Gasteiger partial charge in [-0.3, -0.25) is 34.5 Å². The second-order valence-electron chi connectivity index (χ2n) is 36.7. The van der Waals surface area contributed by atoms with Crippen LogP contribution in [0, 0.1) is 30.6 Å². The van der Waals surface area contributed by atoms with Crippen molar-refractivity contribution in [2.24, 2.45) is 23.7 Å². The number of aryl methyl sites for hydroxylation is 4. The van der Waals surface area contributed by atoms with E-state index in [1.807, 2.05) is 135 Å². The highest BCUT2D eigenvalue weighted by atomic mass is 35.5. The number of aromatic amines is 4. The number of hydrogen-bond acceptors (Lipinski definition) is 14. The predicted octanol–water partition coefficient (Wildman–Crippen LogP) is 17.6. The zero-order valence-electron chi connectivity index (χ0n) is 72.9. The van der Waals surface area contributed by atoms with E-state index in [0.717, 1.165) is 228 Å². The Morgan fingerprint density at radius 2 is 0.746 bits per heavy atom. The van der Waals surface area contributed by atoms with E-state index < -0.39 is 0 Å². The van der Waals surface area contributed by atoms with Crippen LogP contribution >= 0.6 is 11.6 Å². The molecule has 4 amide bonds. The first-order valence-corrected chi connectivity index (χ1v) is 46.6.